The Morgan fingerprint density at radius 1 is 1.50 bits per heavy atom. The molecule has 1 saturated carbocycles. The second kappa shape index (κ2) is 2.99. The van der Waals surface area contributed by atoms with E-state index in [2.05, 4.69) is 21.5 Å². The van der Waals surface area contributed by atoms with E-state index in [1.54, 1.807) is 0 Å². The van der Waals surface area contributed by atoms with Crippen molar-refractivity contribution in [2.24, 2.45) is 0 Å². The van der Waals surface area contributed by atoms with E-state index in [9.17, 15) is 0 Å². The fraction of sp³-hybridized carbons (Fsp3) is 0.364. The average molecular weight is 207 g/mol. The molecule has 1 aliphatic carbocycles. The van der Waals surface area contributed by atoms with Crippen LogP contribution in [-0.4, -0.2) is 9.38 Å². The van der Waals surface area contributed by atoms with Crippen LogP contribution in [0.25, 0.3) is 5.65 Å². The Bertz CT molecular complexity index is 471. The fourth-order valence-corrected chi connectivity index (χ4v) is 1.99. The molecule has 0 saturated heterocycles. The lowest BCUT2D eigenvalue weighted by Gasteiger charge is -1.99. The minimum atomic E-state index is 0.492. The number of hydrogen-bond donors (Lipinski definition) is 0. The highest BCUT2D eigenvalue weighted by molar-refractivity contribution is 6.16. The smallest absolute Gasteiger partial charge is 0.140 e. The summed E-state index contributed by atoms with van der Waals surface area (Å²) in [7, 11) is 0. The van der Waals surface area contributed by atoms with Crippen molar-refractivity contribution in [3.05, 3.63) is 35.8 Å². The first-order chi connectivity index (χ1) is 6.88. The summed E-state index contributed by atoms with van der Waals surface area (Å²) in [6.07, 6.45) is 6.66. The van der Waals surface area contributed by atoms with Gasteiger partial charge in [-0.1, -0.05) is 6.07 Å². The van der Waals surface area contributed by atoms with E-state index in [1.165, 1.54) is 18.4 Å². The first-order valence-corrected chi connectivity index (χ1v) is 5.44. The Morgan fingerprint density at radius 3 is 3.07 bits per heavy atom. The molecule has 1 aliphatic rings. The molecule has 3 heteroatoms. The van der Waals surface area contributed by atoms with E-state index in [-0.39, 0.29) is 0 Å². The summed E-state index contributed by atoms with van der Waals surface area (Å²) in [5.74, 6) is 1.23. The van der Waals surface area contributed by atoms with E-state index >= 15 is 0 Å². The molecule has 3 rings (SSSR count). The highest BCUT2D eigenvalue weighted by Gasteiger charge is 2.26. The molecule has 0 aromatic carbocycles. The highest BCUT2D eigenvalue weighted by Crippen LogP contribution is 2.41. The zero-order valence-corrected chi connectivity index (χ0v) is 8.54. The van der Waals surface area contributed by atoms with Crippen LogP contribution >= 0.6 is 11.6 Å². The van der Waals surface area contributed by atoms with Gasteiger partial charge in [-0.05, 0) is 30.4 Å². The predicted molar refractivity (Wildman–Crippen MR) is 56.7 cm³/mol. The van der Waals surface area contributed by atoms with Gasteiger partial charge < -0.3 is 4.40 Å². The van der Waals surface area contributed by atoms with Gasteiger partial charge in [-0.3, -0.25) is 0 Å². The molecule has 14 heavy (non-hydrogen) atoms. The van der Waals surface area contributed by atoms with Gasteiger partial charge in [-0.15, -0.1) is 11.6 Å². The van der Waals surface area contributed by atoms with Crippen molar-refractivity contribution in [3.8, 4) is 0 Å². The maximum Gasteiger partial charge on any atom is 0.140 e. The molecule has 0 bridgehead atoms. The molecule has 0 aliphatic heterocycles. The number of pyridine rings is 1. The molecule has 0 radical (unpaired) electrons. The van der Waals surface area contributed by atoms with Gasteiger partial charge in [-0.25, -0.2) is 4.98 Å². The number of hydrogen-bond acceptors (Lipinski definition) is 1. The number of rotatable bonds is 2. The maximum atomic E-state index is 5.77. The Kier molecular flexibility index (Phi) is 1.77. The quantitative estimate of drug-likeness (QED) is 0.691. The Morgan fingerprint density at radius 2 is 2.36 bits per heavy atom. The molecule has 0 amide bonds. The van der Waals surface area contributed by atoms with Crippen LogP contribution in [0.3, 0.4) is 0 Å². The summed E-state index contributed by atoms with van der Waals surface area (Å²) in [5.41, 5.74) is 3.43. The average Bonchev–Trinajstić information content (AvgIpc) is 2.96. The molecule has 1 fully saturated rings. The monoisotopic (exact) mass is 206 g/mol. The zero-order valence-electron chi connectivity index (χ0n) is 7.78. The van der Waals surface area contributed by atoms with Gasteiger partial charge in [0.25, 0.3) is 0 Å². The van der Waals surface area contributed by atoms with Crippen molar-refractivity contribution in [2.45, 2.75) is 24.6 Å². The molecule has 0 atom stereocenters. The van der Waals surface area contributed by atoms with E-state index < -0.39 is 0 Å². The van der Waals surface area contributed by atoms with Crippen molar-refractivity contribution in [1.29, 1.82) is 0 Å². The molecule has 2 nitrogen and oxygen atoms in total. The van der Waals surface area contributed by atoms with Crippen LogP contribution in [0.5, 0.6) is 0 Å². The number of fused-ring (bicyclic) bond motifs is 1. The molecular weight excluding hydrogens is 196 g/mol. The van der Waals surface area contributed by atoms with Crippen LogP contribution < -0.4 is 0 Å². The summed E-state index contributed by atoms with van der Waals surface area (Å²) < 4.78 is 2.07. The zero-order chi connectivity index (χ0) is 9.54. The lowest BCUT2D eigenvalue weighted by Crippen LogP contribution is -1.88. The Hall–Kier alpha value is -1.02. The van der Waals surface area contributed by atoms with Gasteiger partial charge in [-0.2, -0.15) is 0 Å². The summed E-state index contributed by atoms with van der Waals surface area (Å²) in [4.78, 5) is 4.52. The molecule has 72 valence electrons. The van der Waals surface area contributed by atoms with Crippen LogP contribution in [0.15, 0.2) is 24.5 Å². The van der Waals surface area contributed by atoms with Crippen LogP contribution in [0.1, 0.15) is 30.0 Å². The molecule has 0 unspecified atom stereocenters. The maximum absolute atomic E-state index is 5.77. The van der Waals surface area contributed by atoms with Crippen molar-refractivity contribution >= 4 is 17.2 Å². The Labute approximate surface area is 87.5 Å². The first-order valence-electron chi connectivity index (χ1n) is 4.91. The molecular formula is C11H11ClN2. The molecule has 2 aromatic rings. The fourth-order valence-electron chi connectivity index (χ4n) is 1.86. The van der Waals surface area contributed by atoms with E-state index in [0.29, 0.717) is 5.88 Å². The minimum Gasteiger partial charge on any atom is -0.307 e. The van der Waals surface area contributed by atoms with Gasteiger partial charge in [0.15, 0.2) is 0 Å². The predicted octanol–water partition coefficient (Wildman–Crippen LogP) is 2.95. The largest absolute Gasteiger partial charge is 0.307 e. The van der Waals surface area contributed by atoms with Crippen molar-refractivity contribution < 1.29 is 0 Å². The van der Waals surface area contributed by atoms with Crippen molar-refractivity contribution in [3.63, 3.8) is 0 Å². The molecule has 0 N–H and O–H groups in total. The summed E-state index contributed by atoms with van der Waals surface area (Å²) in [5, 5.41) is 0. The number of nitrogens with zero attached hydrogens (tertiary/aromatic N) is 2. The third-order valence-corrected chi connectivity index (χ3v) is 2.99. The van der Waals surface area contributed by atoms with Gasteiger partial charge in [0.2, 0.25) is 0 Å². The molecule has 2 heterocycles. The standard InChI is InChI=1S/C11H11ClN2/c12-6-9-7-14-5-1-2-10(8-3-4-8)11(14)13-9/h1-2,5,7-8H,3-4,6H2. The number of halogens is 1. The van der Waals surface area contributed by atoms with Gasteiger partial charge in [0, 0.05) is 12.4 Å². The molecule has 0 spiro atoms. The number of alkyl halides is 1. The SMILES string of the molecule is ClCc1cn2cccc(C3CC3)c2n1. The topological polar surface area (TPSA) is 17.3 Å². The summed E-state index contributed by atoms with van der Waals surface area (Å²) >= 11 is 5.77. The lowest BCUT2D eigenvalue weighted by molar-refractivity contribution is 1.08. The van der Waals surface area contributed by atoms with E-state index in [0.717, 1.165) is 17.3 Å². The van der Waals surface area contributed by atoms with Crippen LogP contribution in [0, 0.1) is 0 Å². The third kappa shape index (κ3) is 1.22. The number of aromatic nitrogens is 2. The summed E-state index contributed by atoms with van der Waals surface area (Å²) in [6, 6.07) is 4.26. The van der Waals surface area contributed by atoms with E-state index in [1.807, 2.05) is 12.4 Å². The van der Waals surface area contributed by atoms with Crippen LogP contribution in [-0.2, 0) is 5.88 Å². The van der Waals surface area contributed by atoms with Gasteiger partial charge >= 0.3 is 0 Å². The molecule has 2 aromatic heterocycles. The first kappa shape index (κ1) is 8.30. The van der Waals surface area contributed by atoms with Gasteiger partial charge in [0.05, 0.1) is 11.6 Å². The summed E-state index contributed by atoms with van der Waals surface area (Å²) in [6.45, 7) is 0. The lowest BCUT2D eigenvalue weighted by atomic mass is 10.2. The normalized spacial score (nSPS) is 16.4. The van der Waals surface area contributed by atoms with Crippen LogP contribution in [0.2, 0.25) is 0 Å². The van der Waals surface area contributed by atoms with Crippen molar-refractivity contribution in [2.75, 3.05) is 0 Å². The second-order valence-electron chi connectivity index (χ2n) is 3.83. The van der Waals surface area contributed by atoms with E-state index in [4.69, 9.17) is 11.6 Å². The highest BCUT2D eigenvalue weighted by atomic mass is 35.5. The third-order valence-electron chi connectivity index (χ3n) is 2.72. The van der Waals surface area contributed by atoms with Gasteiger partial charge in [0.1, 0.15) is 5.65 Å². The van der Waals surface area contributed by atoms with Crippen LogP contribution in [0.4, 0.5) is 0 Å². The van der Waals surface area contributed by atoms with Crippen molar-refractivity contribution in [1.82, 2.24) is 9.38 Å². The Balaban J connectivity index is 2.23. The second-order valence-corrected chi connectivity index (χ2v) is 4.10. The minimum absolute atomic E-state index is 0.492. The number of imidazole rings is 1.